The van der Waals surface area contributed by atoms with Crippen molar-refractivity contribution in [2.24, 2.45) is 5.84 Å². The zero-order chi connectivity index (χ0) is 15.3. The van der Waals surface area contributed by atoms with E-state index in [4.69, 9.17) is 32.7 Å². The van der Waals surface area contributed by atoms with Gasteiger partial charge in [-0.2, -0.15) is 0 Å². The second-order valence-electron chi connectivity index (χ2n) is 3.66. The number of hydrazine groups is 1. The first-order valence-electron chi connectivity index (χ1n) is 5.46. The summed E-state index contributed by atoms with van der Waals surface area (Å²) >= 11 is 5.84. The summed E-state index contributed by atoms with van der Waals surface area (Å²) in [5, 5.41) is 18.6. The summed E-state index contributed by atoms with van der Waals surface area (Å²) < 4.78 is 19.0. The third-order valence-electron chi connectivity index (χ3n) is 2.41. The molecule has 0 spiro atoms. The molecule has 0 aliphatic carbocycles. The van der Waals surface area contributed by atoms with Crippen molar-refractivity contribution in [3.8, 4) is 5.75 Å². The predicted molar refractivity (Wildman–Crippen MR) is 72.8 cm³/mol. The summed E-state index contributed by atoms with van der Waals surface area (Å²) in [6, 6.07) is 0.355. The molecule has 0 aliphatic rings. The van der Waals surface area contributed by atoms with Crippen LogP contribution in [-0.4, -0.2) is 42.6 Å². The van der Waals surface area contributed by atoms with Crippen LogP contribution in [0.1, 0.15) is 5.56 Å². The quantitative estimate of drug-likeness (QED) is 0.283. The van der Waals surface area contributed by atoms with Crippen LogP contribution < -0.4 is 15.9 Å². The molecule has 0 heterocycles. The summed E-state index contributed by atoms with van der Waals surface area (Å²) in [5.41, 5.74) is -0.449. The van der Waals surface area contributed by atoms with Gasteiger partial charge in [0.05, 0.1) is 36.5 Å². The molecule has 0 aromatic heterocycles. The second-order valence-corrected chi connectivity index (χ2v) is 4.04. The van der Waals surface area contributed by atoms with Crippen LogP contribution in [-0.2, 0) is 0 Å². The van der Waals surface area contributed by atoms with Gasteiger partial charge >= 0.3 is 6.03 Å². The van der Waals surface area contributed by atoms with Crippen molar-refractivity contribution < 1.29 is 19.0 Å². The van der Waals surface area contributed by atoms with E-state index in [2.05, 4.69) is 5.32 Å². The predicted octanol–water partition coefficient (Wildman–Crippen LogP) is 1.19. The van der Waals surface area contributed by atoms with Crippen molar-refractivity contribution in [3.05, 3.63) is 22.5 Å². The van der Waals surface area contributed by atoms with Gasteiger partial charge in [0.2, 0.25) is 0 Å². The maximum Gasteiger partial charge on any atom is 0.336 e. The number of aliphatic hydroxyl groups excluding tert-OH is 1. The number of anilines is 1. The first-order chi connectivity index (χ1) is 9.46. The average molecular weight is 305 g/mol. The van der Waals surface area contributed by atoms with E-state index in [1.165, 1.54) is 13.2 Å². The van der Waals surface area contributed by atoms with Gasteiger partial charge in [-0.15, -0.1) is 0 Å². The molecule has 110 valence electrons. The second kappa shape index (κ2) is 7.04. The molecule has 1 aromatic carbocycles. The number of methoxy groups -OCH3 is 1. The minimum absolute atomic E-state index is 0.0713. The molecule has 1 rings (SSSR count). The maximum atomic E-state index is 14.0. The van der Waals surface area contributed by atoms with Crippen molar-refractivity contribution in [1.82, 2.24) is 5.01 Å². The zero-order valence-corrected chi connectivity index (χ0v) is 11.4. The van der Waals surface area contributed by atoms with E-state index in [1.807, 2.05) is 0 Å². The summed E-state index contributed by atoms with van der Waals surface area (Å²) in [6.07, 6.45) is 0.712. The minimum Gasteiger partial charge on any atom is -0.495 e. The molecule has 0 saturated carbocycles. The minimum atomic E-state index is -0.878. The monoisotopic (exact) mass is 304 g/mol. The number of carbonyl (C=O) groups is 1. The first kappa shape index (κ1) is 16.2. The third-order valence-corrected chi connectivity index (χ3v) is 2.80. The molecule has 0 saturated heterocycles. The molecule has 5 N–H and O–H groups in total. The van der Waals surface area contributed by atoms with Gasteiger partial charge in [0.15, 0.2) is 5.82 Å². The fourth-order valence-electron chi connectivity index (χ4n) is 1.39. The summed E-state index contributed by atoms with van der Waals surface area (Å²) in [4.78, 5) is 11.6. The first-order valence-corrected chi connectivity index (χ1v) is 5.84. The highest BCUT2D eigenvalue weighted by atomic mass is 35.5. The molecular weight excluding hydrogens is 291 g/mol. The number of benzene rings is 1. The third kappa shape index (κ3) is 3.35. The molecule has 1 aromatic rings. The van der Waals surface area contributed by atoms with Gasteiger partial charge in [-0.1, -0.05) is 11.6 Å². The van der Waals surface area contributed by atoms with Crippen LogP contribution in [0.15, 0.2) is 6.07 Å². The van der Waals surface area contributed by atoms with E-state index in [0.717, 1.165) is 0 Å². The Kier molecular flexibility index (Phi) is 5.68. The molecule has 7 nitrogen and oxygen atoms in total. The lowest BCUT2D eigenvalue weighted by atomic mass is 10.1. The number of rotatable bonds is 5. The molecule has 0 aliphatic heterocycles. The molecule has 0 unspecified atom stereocenters. The lowest BCUT2D eigenvalue weighted by Gasteiger charge is -2.17. The number of aliphatic hydroxyl groups is 1. The van der Waals surface area contributed by atoms with Crippen LogP contribution in [0.4, 0.5) is 14.9 Å². The molecular formula is C11H14ClFN4O3. The number of hydrogen-bond acceptors (Lipinski definition) is 5. The van der Waals surface area contributed by atoms with Gasteiger partial charge in [-0.25, -0.2) is 15.0 Å². The molecule has 0 bridgehead atoms. The van der Waals surface area contributed by atoms with Crippen LogP contribution in [0.2, 0.25) is 5.02 Å². The Morgan fingerprint density at radius 3 is 2.90 bits per heavy atom. The summed E-state index contributed by atoms with van der Waals surface area (Å²) in [7, 11) is 1.32. The van der Waals surface area contributed by atoms with Gasteiger partial charge in [-0.05, 0) is 0 Å². The molecule has 0 atom stereocenters. The lowest BCUT2D eigenvalue weighted by molar-refractivity contribution is 0.190. The van der Waals surface area contributed by atoms with Crippen LogP contribution in [0.5, 0.6) is 5.75 Å². The van der Waals surface area contributed by atoms with Crippen molar-refractivity contribution in [2.75, 3.05) is 25.6 Å². The van der Waals surface area contributed by atoms with Crippen molar-refractivity contribution in [3.63, 3.8) is 0 Å². The number of hydrogen-bond donors (Lipinski definition) is 4. The van der Waals surface area contributed by atoms with Gasteiger partial charge in [0.1, 0.15) is 5.75 Å². The molecule has 9 heteroatoms. The van der Waals surface area contributed by atoms with E-state index in [1.54, 1.807) is 0 Å². The highest BCUT2D eigenvalue weighted by Gasteiger charge is 2.19. The topological polar surface area (TPSA) is 112 Å². The fourth-order valence-corrected chi connectivity index (χ4v) is 1.66. The molecule has 2 amide bonds. The number of carbonyl (C=O) groups excluding carboxylic acids is 1. The van der Waals surface area contributed by atoms with Crippen LogP contribution >= 0.6 is 11.6 Å². The Morgan fingerprint density at radius 1 is 1.75 bits per heavy atom. The van der Waals surface area contributed by atoms with Crippen LogP contribution in [0, 0.1) is 11.2 Å². The molecule has 0 fully saturated rings. The maximum absolute atomic E-state index is 14.0. The Bertz CT molecular complexity index is 527. The van der Waals surface area contributed by atoms with Gasteiger partial charge < -0.3 is 20.6 Å². The number of halogens is 2. The number of urea groups is 1. The molecule has 0 radical (unpaired) electrons. The number of nitrogens with one attached hydrogen (secondary N) is 2. The number of amides is 2. The van der Waals surface area contributed by atoms with Gasteiger partial charge in [0.25, 0.3) is 0 Å². The Hall–Kier alpha value is -1.90. The standard InChI is InChI=1S/C11H14ClFN4O3/c1-20-8-4-7(10(13)6(5-14)9(8)12)16-11(19)17(15)2-3-18/h4-5,14,18H,2-3,15H2,1H3,(H,16,19). The lowest BCUT2D eigenvalue weighted by Crippen LogP contribution is -2.42. The Morgan fingerprint density at radius 2 is 2.40 bits per heavy atom. The van der Waals surface area contributed by atoms with Gasteiger partial charge in [0, 0.05) is 12.3 Å². The smallest absolute Gasteiger partial charge is 0.336 e. The van der Waals surface area contributed by atoms with Crippen LogP contribution in [0.25, 0.3) is 0 Å². The summed E-state index contributed by atoms with van der Waals surface area (Å²) in [6.45, 7) is -0.447. The van der Waals surface area contributed by atoms with E-state index in [-0.39, 0.29) is 35.2 Å². The fraction of sp³-hybridized carbons (Fsp3) is 0.273. The summed E-state index contributed by atoms with van der Waals surface area (Å²) in [5.74, 6) is 4.56. The highest BCUT2D eigenvalue weighted by Crippen LogP contribution is 2.34. The molecule has 20 heavy (non-hydrogen) atoms. The van der Waals surface area contributed by atoms with Crippen molar-refractivity contribution in [1.29, 1.82) is 5.41 Å². The largest absolute Gasteiger partial charge is 0.495 e. The average Bonchev–Trinajstić information content (AvgIpc) is 2.42. The van der Waals surface area contributed by atoms with Crippen molar-refractivity contribution in [2.45, 2.75) is 0 Å². The number of nitrogens with zero attached hydrogens (tertiary/aromatic N) is 1. The highest BCUT2D eigenvalue weighted by molar-refractivity contribution is 6.34. The normalized spacial score (nSPS) is 10.1. The SMILES string of the molecule is COc1cc(NC(=O)N(N)CCO)c(F)c(C=N)c1Cl. The van der Waals surface area contributed by atoms with Gasteiger partial charge in [-0.3, -0.25) is 5.01 Å². The van der Waals surface area contributed by atoms with E-state index < -0.39 is 11.8 Å². The Labute approximate surface area is 119 Å². The van der Waals surface area contributed by atoms with E-state index in [9.17, 15) is 9.18 Å². The Balaban J connectivity index is 3.12. The van der Waals surface area contributed by atoms with Crippen molar-refractivity contribution >= 4 is 29.5 Å². The van der Waals surface area contributed by atoms with E-state index in [0.29, 0.717) is 11.2 Å². The number of nitrogens with two attached hydrogens (primary N) is 1. The zero-order valence-electron chi connectivity index (χ0n) is 10.6. The van der Waals surface area contributed by atoms with E-state index >= 15 is 0 Å². The van der Waals surface area contributed by atoms with Crippen LogP contribution in [0.3, 0.4) is 0 Å². The number of ether oxygens (including phenoxy) is 1.